The van der Waals surface area contributed by atoms with Crippen LogP contribution in [0.1, 0.15) is 44.9 Å². The molecule has 17 heavy (non-hydrogen) atoms. The number of hydrogen-bond donors (Lipinski definition) is 1. The van der Waals surface area contributed by atoms with Crippen molar-refractivity contribution in [1.29, 1.82) is 0 Å². The molecule has 0 radical (unpaired) electrons. The van der Waals surface area contributed by atoms with Crippen LogP contribution < -0.4 is 0 Å². The lowest BCUT2D eigenvalue weighted by Gasteiger charge is -2.12. The zero-order chi connectivity index (χ0) is 12.6. The van der Waals surface area contributed by atoms with E-state index in [0.29, 0.717) is 17.7 Å². The summed E-state index contributed by atoms with van der Waals surface area (Å²) in [5, 5.41) is 1.15. The molecule has 1 amide bonds. The first-order chi connectivity index (χ1) is 8.06. The molecule has 0 aromatic carbocycles. The molecule has 0 saturated heterocycles. The van der Waals surface area contributed by atoms with Gasteiger partial charge in [-0.3, -0.25) is 14.4 Å². The molecule has 0 spiro atoms. The van der Waals surface area contributed by atoms with Crippen molar-refractivity contribution in [3.8, 4) is 0 Å². The Morgan fingerprint density at radius 3 is 2.71 bits per heavy atom. The van der Waals surface area contributed by atoms with Crippen molar-refractivity contribution < 1.29 is 14.4 Å². The number of Topliss-reactive ketones (excluding diaryl/α,β-unsaturated/α-hetero) is 1. The van der Waals surface area contributed by atoms with Crippen molar-refractivity contribution in [2.75, 3.05) is 14.2 Å². The van der Waals surface area contributed by atoms with E-state index in [2.05, 4.69) is 4.98 Å². The van der Waals surface area contributed by atoms with Crippen LogP contribution in [-0.4, -0.2) is 35.9 Å². The molecule has 1 N–H and O–H groups in total. The number of carbonyl (C=O) groups is 2. The zero-order valence-electron chi connectivity index (χ0n) is 10.3. The Bertz CT molecular complexity index is 476. The third kappa shape index (κ3) is 1.86. The first-order valence-electron chi connectivity index (χ1n) is 5.63. The molecule has 5 heteroatoms. The van der Waals surface area contributed by atoms with E-state index in [1.54, 1.807) is 14.0 Å². The normalized spacial score (nSPS) is 14.6. The van der Waals surface area contributed by atoms with Gasteiger partial charge in [-0.15, -0.1) is 0 Å². The summed E-state index contributed by atoms with van der Waals surface area (Å²) in [6.45, 7) is 1.80. The lowest BCUT2D eigenvalue weighted by molar-refractivity contribution is -0.0760. The second kappa shape index (κ2) is 4.33. The Hall–Kier alpha value is -1.62. The van der Waals surface area contributed by atoms with Gasteiger partial charge in [0.2, 0.25) is 0 Å². The standard InChI is InChI=1S/C12H16N2O3/c1-7-10-8(5-4-6-9(10)15)13-11(7)12(16)14(2)17-3/h13H,4-6H2,1-3H3. The van der Waals surface area contributed by atoms with Crippen molar-refractivity contribution in [1.82, 2.24) is 10.0 Å². The number of aryl methyl sites for hydroxylation is 1. The first-order valence-corrected chi connectivity index (χ1v) is 5.63. The fourth-order valence-corrected chi connectivity index (χ4v) is 2.23. The van der Waals surface area contributed by atoms with Crippen molar-refractivity contribution in [2.45, 2.75) is 26.2 Å². The van der Waals surface area contributed by atoms with Gasteiger partial charge in [0.15, 0.2) is 5.78 Å². The quantitative estimate of drug-likeness (QED) is 0.791. The molecule has 0 atom stereocenters. The molecule has 1 aromatic heterocycles. The van der Waals surface area contributed by atoms with Crippen LogP contribution in [0.25, 0.3) is 0 Å². The van der Waals surface area contributed by atoms with E-state index in [-0.39, 0.29) is 11.7 Å². The van der Waals surface area contributed by atoms with Gasteiger partial charge in [-0.1, -0.05) is 0 Å². The number of rotatable bonds is 2. The minimum absolute atomic E-state index is 0.124. The summed E-state index contributed by atoms with van der Waals surface area (Å²) >= 11 is 0. The molecule has 1 aliphatic carbocycles. The lowest BCUT2D eigenvalue weighted by atomic mass is 9.94. The van der Waals surface area contributed by atoms with Crippen LogP contribution >= 0.6 is 0 Å². The van der Waals surface area contributed by atoms with Crippen molar-refractivity contribution >= 4 is 11.7 Å². The number of H-pyrrole nitrogens is 1. The van der Waals surface area contributed by atoms with E-state index in [4.69, 9.17) is 4.84 Å². The summed E-state index contributed by atoms with van der Waals surface area (Å²) in [6.07, 6.45) is 2.24. The minimum atomic E-state index is -0.257. The molecule has 0 fully saturated rings. The van der Waals surface area contributed by atoms with Crippen LogP contribution in [0.15, 0.2) is 0 Å². The molecule has 0 unspecified atom stereocenters. The maximum absolute atomic E-state index is 12.0. The third-order valence-corrected chi connectivity index (χ3v) is 3.21. The fourth-order valence-electron chi connectivity index (χ4n) is 2.23. The average Bonchev–Trinajstić information content (AvgIpc) is 2.66. The maximum atomic E-state index is 12.0. The van der Waals surface area contributed by atoms with E-state index >= 15 is 0 Å². The van der Waals surface area contributed by atoms with Crippen LogP contribution in [0.4, 0.5) is 0 Å². The summed E-state index contributed by atoms with van der Waals surface area (Å²) in [5.41, 5.74) is 2.77. The van der Waals surface area contributed by atoms with Crippen LogP contribution in [-0.2, 0) is 11.3 Å². The van der Waals surface area contributed by atoms with Gasteiger partial charge in [0, 0.05) is 24.7 Å². The van der Waals surface area contributed by atoms with Gasteiger partial charge in [-0.2, -0.15) is 0 Å². The van der Waals surface area contributed by atoms with Gasteiger partial charge in [0.05, 0.1) is 7.11 Å². The third-order valence-electron chi connectivity index (χ3n) is 3.21. The summed E-state index contributed by atoms with van der Waals surface area (Å²) in [5.74, 6) is -0.133. The van der Waals surface area contributed by atoms with Crippen molar-refractivity contribution in [2.24, 2.45) is 0 Å². The van der Waals surface area contributed by atoms with Crippen LogP contribution in [0.3, 0.4) is 0 Å². The van der Waals surface area contributed by atoms with Crippen LogP contribution in [0.5, 0.6) is 0 Å². The Labute approximate surface area is 99.7 Å². The molecule has 2 rings (SSSR count). The monoisotopic (exact) mass is 236 g/mol. The van der Waals surface area contributed by atoms with E-state index < -0.39 is 0 Å². The Morgan fingerprint density at radius 2 is 2.12 bits per heavy atom. The van der Waals surface area contributed by atoms with Gasteiger partial charge in [0.25, 0.3) is 5.91 Å². The maximum Gasteiger partial charge on any atom is 0.293 e. The predicted molar refractivity (Wildman–Crippen MR) is 61.9 cm³/mol. The van der Waals surface area contributed by atoms with Gasteiger partial charge >= 0.3 is 0 Å². The molecule has 0 aliphatic heterocycles. The average molecular weight is 236 g/mol. The van der Waals surface area contributed by atoms with Crippen LogP contribution in [0.2, 0.25) is 0 Å². The Kier molecular flexibility index (Phi) is 3.02. The second-order valence-electron chi connectivity index (χ2n) is 4.24. The molecular weight excluding hydrogens is 220 g/mol. The number of aromatic amines is 1. The van der Waals surface area contributed by atoms with E-state index in [9.17, 15) is 9.59 Å². The van der Waals surface area contributed by atoms with E-state index in [0.717, 1.165) is 29.2 Å². The minimum Gasteiger partial charge on any atom is -0.353 e. The number of hydrogen-bond acceptors (Lipinski definition) is 3. The topological polar surface area (TPSA) is 62.4 Å². The second-order valence-corrected chi connectivity index (χ2v) is 4.24. The predicted octanol–water partition coefficient (Wildman–Crippen LogP) is 1.48. The number of hydroxylamine groups is 2. The molecular formula is C12H16N2O3. The molecule has 5 nitrogen and oxygen atoms in total. The number of fused-ring (bicyclic) bond motifs is 1. The molecule has 1 heterocycles. The molecule has 1 aliphatic rings. The summed E-state index contributed by atoms with van der Waals surface area (Å²) < 4.78 is 0. The Morgan fingerprint density at radius 1 is 1.41 bits per heavy atom. The van der Waals surface area contributed by atoms with Gasteiger partial charge in [-0.05, 0) is 25.3 Å². The molecule has 0 bridgehead atoms. The molecule has 1 aromatic rings. The molecule has 92 valence electrons. The number of ketones is 1. The van der Waals surface area contributed by atoms with E-state index in [1.165, 1.54) is 7.11 Å². The largest absolute Gasteiger partial charge is 0.353 e. The highest BCUT2D eigenvalue weighted by Gasteiger charge is 2.27. The number of nitrogens with one attached hydrogen (secondary N) is 1. The number of nitrogens with zero attached hydrogens (tertiary/aromatic N) is 1. The first kappa shape index (κ1) is 11.9. The van der Waals surface area contributed by atoms with Gasteiger partial charge in [0.1, 0.15) is 5.69 Å². The lowest BCUT2D eigenvalue weighted by Crippen LogP contribution is -2.26. The van der Waals surface area contributed by atoms with Gasteiger partial charge in [-0.25, -0.2) is 5.06 Å². The zero-order valence-corrected chi connectivity index (χ0v) is 10.3. The number of amides is 1. The van der Waals surface area contributed by atoms with Gasteiger partial charge < -0.3 is 4.98 Å². The fraction of sp³-hybridized carbons (Fsp3) is 0.500. The highest BCUT2D eigenvalue weighted by atomic mass is 16.7. The SMILES string of the molecule is CON(C)C(=O)c1[nH]c2c(c1C)C(=O)CCC2. The van der Waals surface area contributed by atoms with Crippen molar-refractivity contribution in [3.05, 3.63) is 22.5 Å². The van der Waals surface area contributed by atoms with E-state index in [1.807, 2.05) is 0 Å². The molecule has 0 saturated carbocycles. The van der Waals surface area contributed by atoms with Crippen LogP contribution in [0, 0.1) is 6.92 Å². The summed E-state index contributed by atoms with van der Waals surface area (Å²) in [7, 11) is 2.98. The van der Waals surface area contributed by atoms with Crippen molar-refractivity contribution in [3.63, 3.8) is 0 Å². The number of aromatic nitrogens is 1. The smallest absolute Gasteiger partial charge is 0.293 e. The Balaban J connectivity index is 2.44. The number of carbonyl (C=O) groups excluding carboxylic acids is 2. The summed E-state index contributed by atoms with van der Waals surface area (Å²) in [6, 6.07) is 0. The summed E-state index contributed by atoms with van der Waals surface area (Å²) in [4.78, 5) is 31.7. The highest BCUT2D eigenvalue weighted by molar-refractivity contribution is 6.04. The highest BCUT2D eigenvalue weighted by Crippen LogP contribution is 2.26.